The van der Waals surface area contributed by atoms with Crippen LogP contribution in [0.4, 0.5) is 13.2 Å². The molecule has 3 heterocycles. The van der Waals surface area contributed by atoms with Crippen LogP contribution in [0.5, 0.6) is 5.75 Å². The largest absolute Gasteiger partial charge is 0.492 e. The number of hydrogen-bond acceptors (Lipinski definition) is 7. The van der Waals surface area contributed by atoms with Gasteiger partial charge in [-0.25, -0.2) is 8.42 Å². The quantitative estimate of drug-likeness (QED) is 0.335. The van der Waals surface area contributed by atoms with Gasteiger partial charge in [0.1, 0.15) is 17.1 Å². The molecular weight excluding hydrogens is 685 g/mol. The molecule has 2 saturated heterocycles. The predicted molar refractivity (Wildman–Crippen MR) is 180 cm³/mol. The fourth-order valence-electron chi connectivity index (χ4n) is 6.29. The van der Waals surface area contributed by atoms with Crippen LogP contribution in [-0.4, -0.2) is 90.5 Å². The molecule has 49 heavy (non-hydrogen) atoms. The maximum atomic E-state index is 13.4. The number of amides is 2. The minimum absolute atomic E-state index is 0.0547. The molecule has 2 amide bonds. The van der Waals surface area contributed by atoms with Crippen LogP contribution in [0, 0.1) is 13.8 Å². The highest BCUT2D eigenvalue weighted by Crippen LogP contribution is 2.34. The van der Waals surface area contributed by atoms with Gasteiger partial charge in [-0.3, -0.25) is 14.6 Å². The molecule has 10 nitrogen and oxygen atoms in total. The summed E-state index contributed by atoms with van der Waals surface area (Å²) < 4.78 is 70.9. The predicted octanol–water partition coefficient (Wildman–Crippen LogP) is 5.38. The first-order valence-corrected chi connectivity index (χ1v) is 18.0. The number of ether oxygens (including phenoxy) is 1. The molecule has 0 aliphatic carbocycles. The Morgan fingerprint density at radius 3 is 2.33 bits per heavy atom. The van der Waals surface area contributed by atoms with Gasteiger partial charge >= 0.3 is 6.18 Å². The average molecular weight is 725 g/mol. The number of hydrogen-bond donors (Lipinski definition) is 2. The monoisotopic (exact) mass is 724 g/mol. The molecule has 15 heteroatoms. The molecule has 1 spiro atoms. The molecule has 2 N–H and O–H groups in total. The van der Waals surface area contributed by atoms with Gasteiger partial charge in [-0.1, -0.05) is 11.6 Å². The normalized spacial score (nSPS) is 19.7. The first kappa shape index (κ1) is 36.8. The molecule has 0 atom stereocenters. The van der Waals surface area contributed by atoms with E-state index in [1.54, 1.807) is 30.0 Å². The summed E-state index contributed by atoms with van der Waals surface area (Å²) in [5.41, 5.74) is 1.21. The number of amidine groups is 1. The number of piperidine rings is 2. The third kappa shape index (κ3) is 8.65. The Morgan fingerprint density at radius 1 is 1.08 bits per heavy atom. The number of sulfonamides is 1. The minimum Gasteiger partial charge on any atom is -0.492 e. The van der Waals surface area contributed by atoms with Crippen molar-refractivity contribution >= 4 is 45.4 Å². The van der Waals surface area contributed by atoms with Crippen LogP contribution in [0.25, 0.3) is 6.08 Å². The van der Waals surface area contributed by atoms with Gasteiger partial charge in [0.15, 0.2) is 0 Å². The fraction of sp³-hybridized carbons (Fsp3) is 0.500. The lowest BCUT2D eigenvalue weighted by Gasteiger charge is -2.36. The number of alkyl halides is 3. The van der Waals surface area contributed by atoms with Crippen molar-refractivity contribution in [2.75, 3.05) is 32.8 Å². The van der Waals surface area contributed by atoms with E-state index in [4.69, 9.17) is 16.3 Å². The summed E-state index contributed by atoms with van der Waals surface area (Å²) in [4.78, 5) is 32.6. The summed E-state index contributed by atoms with van der Waals surface area (Å²) >= 11 is 6.18. The van der Waals surface area contributed by atoms with E-state index in [1.807, 2.05) is 13.8 Å². The van der Waals surface area contributed by atoms with Crippen molar-refractivity contribution in [1.82, 2.24) is 14.5 Å². The van der Waals surface area contributed by atoms with Crippen LogP contribution in [0.1, 0.15) is 78.1 Å². The lowest BCUT2D eigenvalue weighted by atomic mass is 9.89. The summed E-state index contributed by atoms with van der Waals surface area (Å²) in [6.07, 6.45) is -2.70. The minimum atomic E-state index is -4.29. The second kappa shape index (κ2) is 14.0. The number of halogens is 4. The van der Waals surface area contributed by atoms with E-state index in [0.29, 0.717) is 42.6 Å². The van der Waals surface area contributed by atoms with E-state index in [0.717, 1.165) is 16.5 Å². The summed E-state index contributed by atoms with van der Waals surface area (Å²) in [5, 5.41) is 14.3. The molecule has 3 aliphatic rings. The van der Waals surface area contributed by atoms with Crippen molar-refractivity contribution in [1.29, 1.82) is 0 Å². The number of nitrogens with one attached hydrogen (secondary N) is 1. The van der Waals surface area contributed by atoms with E-state index in [-0.39, 0.29) is 67.4 Å². The fourth-order valence-corrected chi connectivity index (χ4v) is 7.64. The molecule has 0 unspecified atom stereocenters. The van der Waals surface area contributed by atoms with Crippen LogP contribution in [0.2, 0.25) is 5.02 Å². The number of nitrogens with zero attached hydrogens (tertiary/aromatic N) is 3. The molecule has 0 radical (unpaired) electrons. The van der Waals surface area contributed by atoms with Crippen LogP contribution >= 0.6 is 11.6 Å². The van der Waals surface area contributed by atoms with Crippen molar-refractivity contribution in [3.63, 3.8) is 0 Å². The summed E-state index contributed by atoms with van der Waals surface area (Å²) in [6, 6.07) is 8.12. The summed E-state index contributed by atoms with van der Waals surface area (Å²) in [5.74, 6) is -0.0824. The Kier molecular flexibility index (Phi) is 10.6. The third-order valence-electron chi connectivity index (χ3n) is 9.33. The number of aryl methyl sites for hydroxylation is 2. The zero-order chi connectivity index (χ0) is 35.8. The van der Waals surface area contributed by atoms with Gasteiger partial charge < -0.3 is 20.1 Å². The first-order valence-electron chi connectivity index (χ1n) is 16.1. The molecule has 5 rings (SSSR count). The van der Waals surface area contributed by atoms with Gasteiger partial charge in [0.25, 0.3) is 11.8 Å². The van der Waals surface area contributed by atoms with Crippen molar-refractivity contribution < 1.29 is 41.0 Å². The van der Waals surface area contributed by atoms with Gasteiger partial charge in [0, 0.05) is 49.1 Å². The second-order valence-electron chi connectivity index (χ2n) is 13.2. The Labute approximate surface area is 289 Å². The van der Waals surface area contributed by atoms with E-state index < -0.39 is 33.8 Å². The Bertz CT molecular complexity index is 1750. The highest BCUT2D eigenvalue weighted by molar-refractivity contribution is 7.92. The van der Waals surface area contributed by atoms with E-state index in [2.05, 4.69) is 10.3 Å². The van der Waals surface area contributed by atoms with Gasteiger partial charge in [-0.2, -0.15) is 17.5 Å². The van der Waals surface area contributed by atoms with Crippen molar-refractivity contribution in [3.05, 3.63) is 68.6 Å². The van der Waals surface area contributed by atoms with Crippen molar-refractivity contribution in [2.24, 2.45) is 4.99 Å². The van der Waals surface area contributed by atoms with E-state index in [9.17, 15) is 36.3 Å². The molecule has 0 saturated carbocycles. The van der Waals surface area contributed by atoms with E-state index >= 15 is 0 Å². The Balaban J connectivity index is 1.22. The van der Waals surface area contributed by atoms with E-state index in [1.165, 1.54) is 22.5 Å². The highest BCUT2D eigenvalue weighted by Gasteiger charge is 2.47. The number of carbonyl (C=O) groups is 2. The summed E-state index contributed by atoms with van der Waals surface area (Å²) in [6.45, 7) is 6.24. The van der Waals surface area contributed by atoms with Crippen molar-refractivity contribution in [3.8, 4) is 5.75 Å². The first-order chi connectivity index (χ1) is 22.9. The van der Waals surface area contributed by atoms with Gasteiger partial charge in [0.2, 0.25) is 10.0 Å². The number of carbonyl (C=O) groups excluding carboxylic acids is 2. The third-order valence-corrected chi connectivity index (χ3v) is 11.2. The number of rotatable bonds is 9. The maximum Gasteiger partial charge on any atom is 0.389 e. The molecule has 2 fully saturated rings. The number of benzene rings is 2. The van der Waals surface area contributed by atoms with Crippen LogP contribution in [0.15, 0.2) is 40.7 Å². The van der Waals surface area contributed by atoms with Gasteiger partial charge in [-0.05, 0) is 106 Å². The second-order valence-corrected chi connectivity index (χ2v) is 15.4. The number of aliphatic hydroxyl groups is 1. The van der Waals surface area contributed by atoms with Gasteiger partial charge in [-0.15, -0.1) is 0 Å². The smallest absolute Gasteiger partial charge is 0.389 e. The van der Waals surface area contributed by atoms with Crippen LogP contribution < -0.4 is 10.1 Å². The highest BCUT2D eigenvalue weighted by atomic mass is 35.5. The Hall–Kier alpha value is -3.46. The molecule has 0 aromatic heterocycles. The summed E-state index contributed by atoms with van der Waals surface area (Å²) in [7, 11) is -3.86. The number of likely N-dealkylation sites (tertiary alicyclic amines) is 1. The molecule has 0 bridgehead atoms. The molecular formula is C34H40ClF3N4O6S. The number of aliphatic imine (C=N–C) groups is 1. The zero-order valence-corrected chi connectivity index (χ0v) is 29.1. The average Bonchev–Trinajstić information content (AvgIpc) is 3.33. The zero-order valence-electron chi connectivity index (χ0n) is 27.6. The molecule has 3 aliphatic heterocycles. The topological polar surface area (TPSA) is 129 Å². The molecule has 266 valence electrons. The van der Waals surface area contributed by atoms with Crippen LogP contribution in [0.3, 0.4) is 0 Å². The lowest BCUT2D eigenvalue weighted by Crippen LogP contribution is -2.50. The standard InChI is InChI=1S/C34H40ClF3N4O6S/c1-22-19-25(30(43)41-13-9-32(3,45)10-14-41)20-23(2)26(22)7-18-49(46,47)42-15-11-33(12-16-42)31(44)39-29(40-33)24-5-6-27(35)28(21-24)48-17-4-8-34(36,37)38/h5-7,18-21,45H,4,8-17H2,1-3H3,(H,39,40,44). The molecule has 2 aromatic carbocycles. The van der Waals surface area contributed by atoms with Gasteiger partial charge in [0.05, 0.1) is 17.2 Å². The maximum absolute atomic E-state index is 13.4. The van der Waals surface area contributed by atoms with Crippen LogP contribution in [-0.2, 0) is 14.8 Å². The SMILES string of the molecule is Cc1cc(C(=O)N2CCC(C)(O)CC2)cc(C)c1C=CS(=O)(=O)N1CCC2(CC1)N=C(c1ccc(Cl)c(OCCCC(F)(F)F)c1)NC2=O. The van der Waals surface area contributed by atoms with Crippen molar-refractivity contribution in [2.45, 2.75) is 76.6 Å². The Morgan fingerprint density at radius 2 is 1.71 bits per heavy atom. The lowest BCUT2D eigenvalue weighted by molar-refractivity contribution is -0.136. The molecule has 2 aromatic rings.